The number of rotatable bonds is 10. The van der Waals surface area contributed by atoms with Crippen molar-refractivity contribution in [2.75, 3.05) is 26.4 Å². The number of carbonyl (C=O) groups is 2. The van der Waals surface area contributed by atoms with E-state index in [9.17, 15) is 9.59 Å². The van der Waals surface area contributed by atoms with Crippen LogP contribution in [-0.4, -0.2) is 48.1 Å². The Hall–Kier alpha value is -2.25. The van der Waals surface area contributed by atoms with E-state index in [2.05, 4.69) is 25.8 Å². The third-order valence-corrected chi connectivity index (χ3v) is 5.40. The molecule has 6 nitrogen and oxygen atoms in total. The lowest BCUT2D eigenvalue weighted by Crippen LogP contribution is -2.32. The van der Waals surface area contributed by atoms with Crippen LogP contribution in [0.15, 0.2) is 29.6 Å². The Morgan fingerprint density at radius 2 is 1.80 bits per heavy atom. The largest absolute Gasteiger partial charge is 0.461 e. The van der Waals surface area contributed by atoms with E-state index in [0.29, 0.717) is 43.5 Å². The third kappa shape index (κ3) is 6.92. The Bertz CT molecular complexity index is 824. The normalized spacial score (nSPS) is 11.4. The van der Waals surface area contributed by atoms with Crippen molar-refractivity contribution < 1.29 is 19.1 Å². The number of esters is 1. The van der Waals surface area contributed by atoms with Gasteiger partial charge in [0.05, 0.1) is 13.2 Å². The minimum absolute atomic E-state index is 0.0309. The van der Waals surface area contributed by atoms with Crippen LogP contribution in [0, 0.1) is 0 Å². The second kappa shape index (κ2) is 11.2. The monoisotopic (exact) mass is 432 g/mol. The third-order valence-electron chi connectivity index (χ3n) is 4.57. The fraction of sp³-hybridized carbons (Fsp3) is 0.522. The molecule has 0 bridgehead atoms. The average molecular weight is 433 g/mol. The Labute approximate surface area is 183 Å². The predicted octanol–water partition coefficient (Wildman–Crippen LogP) is 4.69. The van der Waals surface area contributed by atoms with Crippen molar-refractivity contribution in [1.82, 2.24) is 9.88 Å². The van der Waals surface area contributed by atoms with Crippen molar-refractivity contribution in [3.8, 4) is 0 Å². The lowest BCUT2D eigenvalue weighted by molar-refractivity contribution is 0.0520. The molecule has 1 aromatic carbocycles. The van der Waals surface area contributed by atoms with E-state index in [0.717, 1.165) is 6.42 Å². The second-order valence-corrected chi connectivity index (χ2v) is 8.89. The Balaban J connectivity index is 2.15. The summed E-state index contributed by atoms with van der Waals surface area (Å²) < 4.78 is 10.4. The van der Waals surface area contributed by atoms with E-state index in [-0.39, 0.29) is 17.0 Å². The highest BCUT2D eigenvalue weighted by atomic mass is 32.1. The van der Waals surface area contributed by atoms with Gasteiger partial charge in [-0.15, -0.1) is 11.3 Å². The van der Waals surface area contributed by atoms with Gasteiger partial charge >= 0.3 is 5.97 Å². The molecule has 30 heavy (non-hydrogen) atoms. The molecule has 2 rings (SSSR count). The van der Waals surface area contributed by atoms with Crippen molar-refractivity contribution in [2.24, 2.45) is 0 Å². The van der Waals surface area contributed by atoms with Gasteiger partial charge in [-0.25, -0.2) is 9.78 Å². The molecule has 164 valence electrons. The maximum absolute atomic E-state index is 13.2. The topological polar surface area (TPSA) is 68.7 Å². The first kappa shape index (κ1) is 24.0. The van der Waals surface area contributed by atoms with Crippen LogP contribution in [0.3, 0.4) is 0 Å². The van der Waals surface area contributed by atoms with Crippen LogP contribution in [0.2, 0.25) is 0 Å². The summed E-state index contributed by atoms with van der Waals surface area (Å²) in [5, 5.41) is 2.38. The molecule has 1 aromatic heterocycles. The Kier molecular flexibility index (Phi) is 8.99. The molecule has 1 amide bonds. The molecule has 0 aliphatic heterocycles. The van der Waals surface area contributed by atoms with Crippen molar-refractivity contribution in [1.29, 1.82) is 0 Å². The van der Waals surface area contributed by atoms with Crippen molar-refractivity contribution in [2.45, 2.75) is 53.0 Å². The number of thiazole rings is 1. The molecule has 0 aliphatic carbocycles. The number of aromatic nitrogens is 1. The molecule has 1 heterocycles. The van der Waals surface area contributed by atoms with Crippen LogP contribution in [-0.2, 0) is 21.4 Å². The minimum Gasteiger partial charge on any atom is -0.461 e. The number of ether oxygens (including phenoxy) is 2. The van der Waals surface area contributed by atoms with Gasteiger partial charge in [-0.1, -0.05) is 32.9 Å². The van der Waals surface area contributed by atoms with Gasteiger partial charge in [0.25, 0.3) is 5.91 Å². The molecule has 0 atom stereocenters. The van der Waals surface area contributed by atoms with Crippen molar-refractivity contribution in [3.63, 3.8) is 0 Å². The summed E-state index contributed by atoms with van der Waals surface area (Å²) in [7, 11) is 0. The summed E-state index contributed by atoms with van der Waals surface area (Å²) in [5.41, 5.74) is 2.14. The summed E-state index contributed by atoms with van der Waals surface area (Å²) in [6.07, 6.45) is 0.732. The van der Waals surface area contributed by atoms with E-state index < -0.39 is 5.97 Å². The molecule has 0 N–H and O–H groups in total. The van der Waals surface area contributed by atoms with E-state index in [1.807, 2.05) is 31.2 Å². The van der Waals surface area contributed by atoms with Crippen molar-refractivity contribution >= 4 is 23.2 Å². The number of carbonyl (C=O) groups excluding carboxylic acids is 2. The number of nitrogens with zero attached hydrogens (tertiary/aromatic N) is 2. The van der Waals surface area contributed by atoms with Gasteiger partial charge in [0.1, 0.15) is 5.01 Å². The van der Waals surface area contributed by atoms with Gasteiger partial charge in [-0.3, -0.25) is 4.79 Å². The maximum atomic E-state index is 13.2. The number of benzene rings is 1. The average Bonchev–Trinajstić information content (AvgIpc) is 3.18. The van der Waals surface area contributed by atoms with E-state index in [4.69, 9.17) is 9.47 Å². The van der Waals surface area contributed by atoms with Crippen LogP contribution < -0.4 is 0 Å². The van der Waals surface area contributed by atoms with Gasteiger partial charge in [0, 0.05) is 30.7 Å². The van der Waals surface area contributed by atoms with E-state index in [1.54, 1.807) is 17.2 Å². The van der Waals surface area contributed by atoms with Crippen LogP contribution in [0.1, 0.15) is 72.5 Å². The Morgan fingerprint density at radius 3 is 2.40 bits per heavy atom. The maximum Gasteiger partial charge on any atom is 0.357 e. The molecular formula is C23H32N2O4S. The van der Waals surface area contributed by atoms with Crippen LogP contribution in [0.5, 0.6) is 0 Å². The highest BCUT2D eigenvalue weighted by molar-refractivity contribution is 7.09. The molecule has 0 saturated heterocycles. The zero-order chi connectivity index (χ0) is 22.1. The van der Waals surface area contributed by atoms with Crippen molar-refractivity contribution in [3.05, 3.63) is 51.5 Å². The smallest absolute Gasteiger partial charge is 0.357 e. The highest BCUT2D eigenvalue weighted by Crippen LogP contribution is 2.23. The van der Waals surface area contributed by atoms with Gasteiger partial charge in [0.2, 0.25) is 0 Å². The molecule has 2 aromatic rings. The second-order valence-electron chi connectivity index (χ2n) is 7.95. The van der Waals surface area contributed by atoms with E-state index in [1.165, 1.54) is 16.9 Å². The molecule has 0 aliphatic rings. The molecule has 0 radical (unpaired) electrons. The zero-order valence-electron chi connectivity index (χ0n) is 18.6. The fourth-order valence-corrected chi connectivity index (χ4v) is 3.67. The van der Waals surface area contributed by atoms with Crippen LogP contribution in [0.4, 0.5) is 0 Å². The summed E-state index contributed by atoms with van der Waals surface area (Å²) in [6.45, 7) is 12.6. The first-order valence-electron chi connectivity index (χ1n) is 10.3. The fourth-order valence-electron chi connectivity index (χ4n) is 2.90. The first-order chi connectivity index (χ1) is 14.3. The molecule has 0 spiro atoms. The lowest BCUT2D eigenvalue weighted by atomic mass is 9.86. The first-order valence-corrected chi connectivity index (χ1v) is 11.2. The highest BCUT2D eigenvalue weighted by Gasteiger charge is 2.20. The molecule has 7 heteroatoms. The quantitative estimate of drug-likeness (QED) is 0.403. The molecule has 0 unspecified atom stereocenters. The molecular weight excluding hydrogens is 400 g/mol. The summed E-state index contributed by atoms with van der Waals surface area (Å²) in [4.78, 5) is 31.2. The van der Waals surface area contributed by atoms with E-state index >= 15 is 0 Å². The summed E-state index contributed by atoms with van der Waals surface area (Å²) in [5.74, 6) is -0.494. The van der Waals surface area contributed by atoms with Gasteiger partial charge < -0.3 is 14.4 Å². The zero-order valence-corrected chi connectivity index (χ0v) is 19.4. The summed E-state index contributed by atoms with van der Waals surface area (Å²) in [6, 6.07) is 7.77. The molecule has 0 fully saturated rings. The Morgan fingerprint density at radius 1 is 1.10 bits per heavy atom. The van der Waals surface area contributed by atoms with Crippen LogP contribution >= 0.6 is 11.3 Å². The molecule has 0 saturated carbocycles. The predicted molar refractivity (Wildman–Crippen MR) is 119 cm³/mol. The standard InChI is InChI=1S/C23H32N2O4S/c1-6-28-14-8-13-25(15-20-24-19(16-30-20)22(27)29-7-2)21(26)17-9-11-18(12-10-17)23(3,4)5/h9-12,16H,6-8,13-15H2,1-5H3. The SMILES string of the molecule is CCOCCCN(Cc1nc(C(=O)OCC)cs1)C(=O)c1ccc(C(C)(C)C)cc1. The van der Waals surface area contributed by atoms with Gasteiger partial charge in [0.15, 0.2) is 5.69 Å². The van der Waals surface area contributed by atoms with Gasteiger partial charge in [-0.2, -0.15) is 0 Å². The van der Waals surface area contributed by atoms with Gasteiger partial charge in [-0.05, 0) is 43.4 Å². The number of hydrogen-bond donors (Lipinski definition) is 0. The summed E-state index contributed by atoms with van der Waals surface area (Å²) >= 11 is 1.36. The number of amides is 1. The lowest BCUT2D eigenvalue weighted by Gasteiger charge is -2.23. The minimum atomic E-state index is -0.438. The van der Waals surface area contributed by atoms with Crippen LogP contribution in [0.25, 0.3) is 0 Å². The number of hydrogen-bond acceptors (Lipinski definition) is 6.